The molecule has 0 aliphatic rings. The zero-order valence-corrected chi connectivity index (χ0v) is 13.5. The van der Waals surface area contributed by atoms with Crippen LogP contribution in [0.15, 0.2) is 42.5 Å². The van der Waals surface area contributed by atoms with Crippen molar-refractivity contribution in [3.05, 3.63) is 53.1 Å². The first-order valence-electron chi connectivity index (χ1n) is 6.87. The Morgan fingerprint density at radius 1 is 1.23 bits per heavy atom. The highest BCUT2D eigenvalue weighted by atomic mass is 35.5. The number of benzene rings is 2. The first-order valence-corrected chi connectivity index (χ1v) is 7.25. The van der Waals surface area contributed by atoms with Gasteiger partial charge in [-0.2, -0.15) is 0 Å². The molecule has 0 bridgehead atoms. The molecular formula is C17H18ClNO3. The molecule has 0 spiro atoms. The van der Waals surface area contributed by atoms with Crippen LogP contribution in [0.4, 0.5) is 5.69 Å². The van der Waals surface area contributed by atoms with E-state index in [9.17, 15) is 4.79 Å². The molecule has 4 nitrogen and oxygen atoms in total. The van der Waals surface area contributed by atoms with Gasteiger partial charge >= 0.3 is 0 Å². The highest BCUT2D eigenvalue weighted by Gasteiger charge is 2.16. The molecule has 0 fully saturated rings. The van der Waals surface area contributed by atoms with Gasteiger partial charge in [-0.25, -0.2) is 0 Å². The van der Waals surface area contributed by atoms with Gasteiger partial charge in [-0.15, -0.1) is 0 Å². The highest BCUT2D eigenvalue weighted by molar-refractivity contribution is 6.32. The Morgan fingerprint density at radius 2 is 2.00 bits per heavy atom. The zero-order valence-electron chi connectivity index (χ0n) is 12.7. The van der Waals surface area contributed by atoms with E-state index in [0.29, 0.717) is 22.2 Å². The van der Waals surface area contributed by atoms with E-state index in [1.165, 1.54) is 0 Å². The Bertz CT molecular complexity index is 673. The molecule has 1 unspecified atom stereocenters. The van der Waals surface area contributed by atoms with E-state index in [0.717, 1.165) is 5.56 Å². The number of methoxy groups -OCH3 is 1. The van der Waals surface area contributed by atoms with Crippen molar-refractivity contribution in [3.63, 3.8) is 0 Å². The van der Waals surface area contributed by atoms with Crippen LogP contribution in [0, 0.1) is 6.92 Å². The Kier molecular flexibility index (Phi) is 5.28. The molecule has 1 atom stereocenters. The monoisotopic (exact) mass is 319 g/mol. The summed E-state index contributed by atoms with van der Waals surface area (Å²) in [6, 6.07) is 12.6. The smallest absolute Gasteiger partial charge is 0.265 e. The lowest BCUT2D eigenvalue weighted by atomic mass is 10.2. The Morgan fingerprint density at radius 3 is 2.73 bits per heavy atom. The lowest BCUT2D eigenvalue weighted by Gasteiger charge is -2.16. The number of carbonyl (C=O) groups is 1. The topological polar surface area (TPSA) is 47.6 Å². The van der Waals surface area contributed by atoms with E-state index in [4.69, 9.17) is 21.1 Å². The fourth-order valence-corrected chi connectivity index (χ4v) is 2.05. The van der Waals surface area contributed by atoms with Crippen molar-refractivity contribution in [2.24, 2.45) is 0 Å². The SMILES string of the molecule is COc1cccc(NC(=O)C(C)Oc2cc(C)ccc2Cl)c1. The Labute approximate surface area is 135 Å². The van der Waals surface area contributed by atoms with Crippen molar-refractivity contribution in [1.29, 1.82) is 0 Å². The summed E-state index contributed by atoms with van der Waals surface area (Å²) in [4.78, 5) is 12.2. The van der Waals surface area contributed by atoms with E-state index in [2.05, 4.69) is 5.32 Å². The van der Waals surface area contributed by atoms with Crippen LogP contribution in [0.1, 0.15) is 12.5 Å². The van der Waals surface area contributed by atoms with Crippen molar-refractivity contribution in [2.45, 2.75) is 20.0 Å². The fourth-order valence-electron chi connectivity index (χ4n) is 1.89. The van der Waals surface area contributed by atoms with Crippen LogP contribution in [-0.2, 0) is 4.79 Å². The minimum absolute atomic E-state index is 0.258. The van der Waals surface area contributed by atoms with Crippen LogP contribution in [0.2, 0.25) is 5.02 Å². The molecule has 0 radical (unpaired) electrons. The second-order valence-corrected chi connectivity index (χ2v) is 5.32. The van der Waals surface area contributed by atoms with E-state index >= 15 is 0 Å². The standard InChI is InChI=1S/C17H18ClNO3/c1-11-7-8-15(18)16(9-11)22-12(2)17(20)19-13-5-4-6-14(10-13)21-3/h4-10,12H,1-3H3,(H,19,20). The minimum atomic E-state index is -0.675. The van der Waals surface area contributed by atoms with E-state index in [1.807, 2.05) is 19.1 Å². The maximum atomic E-state index is 12.2. The predicted molar refractivity (Wildman–Crippen MR) is 87.9 cm³/mol. The fraction of sp³-hybridized carbons (Fsp3) is 0.235. The second kappa shape index (κ2) is 7.18. The maximum Gasteiger partial charge on any atom is 0.265 e. The van der Waals surface area contributed by atoms with Crippen LogP contribution >= 0.6 is 11.6 Å². The number of aryl methyl sites for hydroxylation is 1. The summed E-state index contributed by atoms with van der Waals surface area (Å²) in [6.45, 7) is 3.61. The zero-order chi connectivity index (χ0) is 16.1. The summed E-state index contributed by atoms with van der Waals surface area (Å²) in [5.74, 6) is 0.911. The molecule has 0 saturated carbocycles. The molecule has 5 heteroatoms. The summed E-state index contributed by atoms with van der Waals surface area (Å²) in [7, 11) is 1.58. The van der Waals surface area contributed by atoms with Crippen LogP contribution in [0.5, 0.6) is 11.5 Å². The summed E-state index contributed by atoms with van der Waals surface area (Å²) < 4.78 is 10.8. The van der Waals surface area contributed by atoms with E-state index in [1.54, 1.807) is 44.4 Å². The molecule has 22 heavy (non-hydrogen) atoms. The molecule has 0 aliphatic heterocycles. The number of carbonyl (C=O) groups excluding carboxylic acids is 1. The highest BCUT2D eigenvalue weighted by Crippen LogP contribution is 2.26. The predicted octanol–water partition coefficient (Wildman–Crippen LogP) is 4.06. The number of amides is 1. The van der Waals surface area contributed by atoms with Crippen molar-refractivity contribution in [2.75, 3.05) is 12.4 Å². The first-order chi connectivity index (χ1) is 10.5. The van der Waals surface area contributed by atoms with Gasteiger partial charge in [0.1, 0.15) is 11.5 Å². The van der Waals surface area contributed by atoms with Gasteiger partial charge in [-0.3, -0.25) is 4.79 Å². The molecule has 2 aromatic rings. The largest absolute Gasteiger partial charge is 0.497 e. The van der Waals surface area contributed by atoms with E-state index < -0.39 is 6.10 Å². The van der Waals surface area contributed by atoms with Crippen LogP contribution in [0.3, 0.4) is 0 Å². The molecule has 0 saturated heterocycles. The molecule has 1 N–H and O–H groups in total. The number of hydrogen-bond donors (Lipinski definition) is 1. The number of anilines is 1. The molecule has 0 aliphatic carbocycles. The minimum Gasteiger partial charge on any atom is -0.497 e. The number of hydrogen-bond acceptors (Lipinski definition) is 3. The second-order valence-electron chi connectivity index (χ2n) is 4.92. The molecular weight excluding hydrogens is 302 g/mol. The van der Waals surface area contributed by atoms with Gasteiger partial charge in [0, 0.05) is 11.8 Å². The lowest BCUT2D eigenvalue weighted by molar-refractivity contribution is -0.122. The third-order valence-corrected chi connectivity index (χ3v) is 3.41. The lowest BCUT2D eigenvalue weighted by Crippen LogP contribution is -2.30. The normalized spacial score (nSPS) is 11.6. The number of ether oxygens (including phenoxy) is 2. The van der Waals surface area contributed by atoms with Crippen molar-refractivity contribution in [3.8, 4) is 11.5 Å². The van der Waals surface area contributed by atoms with Gasteiger partial charge in [-0.1, -0.05) is 23.7 Å². The van der Waals surface area contributed by atoms with Gasteiger partial charge in [0.05, 0.1) is 12.1 Å². The Balaban J connectivity index is 2.04. The molecule has 116 valence electrons. The molecule has 2 rings (SSSR count). The van der Waals surface area contributed by atoms with Crippen molar-refractivity contribution >= 4 is 23.2 Å². The number of nitrogens with one attached hydrogen (secondary N) is 1. The number of rotatable bonds is 5. The van der Waals surface area contributed by atoms with Crippen molar-refractivity contribution < 1.29 is 14.3 Å². The third-order valence-electron chi connectivity index (χ3n) is 3.10. The summed E-state index contributed by atoms with van der Waals surface area (Å²) in [5, 5.41) is 3.26. The summed E-state index contributed by atoms with van der Waals surface area (Å²) in [5.41, 5.74) is 1.66. The molecule has 1 amide bonds. The van der Waals surface area contributed by atoms with Crippen LogP contribution in [0.25, 0.3) is 0 Å². The summed E-state index contributed by atoms with van der Waals surface area (Å²) >= 11 is 6.07. The van der Waals surface area contributed by atoms with Gasteiger partial charge in [0.2, 0.25) is 0 Å². The van der Waals surface area contributed by atoms with Crippen molar-refractivity contribution in [1.82, 2.24) is 0 Å². The van der Waals surface area contributed by atoms with Gasteiger partial charge in [-0.05, 0) is 43.7 Å². The molecule has 0 aromatic heterocycles. The quantitative estimate of drug-likeness (QED) is 0.904. The van der Waals surface area contributed by atoms with Gasteiger partial charge < -0.3 is 14.8 Å². The van der Waals surface area contributed by atoms with E-state index in [-0.39, 0.29) is 5.91 Å². The maximum absolute atomic E-state index is 12.2. The average Bonchev–Trinajstić information content (AvgIpc) is 2.51. The molecule has 0 heterocycles. The van der Waals surface area contributed by atoms with Gasteiger partial charge in [0.15, 0.2) is 6.10 Å². The number of halogens is 1. The third kappa shape index (κ3) is 4.15. The van der Waals surface area contributed by atoms with Crippen LogP contribution in [-0.4, -0.2) is 19.1 Å². The first kappa shape index (κ1) is 16.2. The van der Waals surface area contributed by atoms with Crippen LogP contribution < -0.4 is 14.8 Å². The average molecular weight is 320 g/mol. The van der Waals surface area contributed by atoms with Gasteiger partial charge in [0.25, 0.3) is 5.91 Å². The Hall–Kier alpha value is -2.20. The molecule has 2 aromatic carbocycles. The summed E-state index contributed by atoms with van der Waals surface area (Å²) in [6.07, 6.45) is -0.675.